The summed E-state index contributed by atoms with van der Waals surface area (Å²) in [6.07, 6.45) is 4.11. The van der Waals surface area contributed by atoms with Crippen molar-refractivity contribution in [1.29, 1.82) is 0 Å². The summed E-state index contributed by atoms with van der Waals surface area (Å²) in [5.74, 6) is 0.947. The molecule has 0 radical (unpaired) electrons. The summed E-state index contributed by atoms with van der Waals surface area (Å²) >= 11 is 5.47. The number of nitrogens with two attached hydrogens (primary N) is 1. The number of hydrogen-bond donors (Lipinski definition) is 1. The molecule has 1 aromatic heterocycles. The van der Waals surface area contributed by atoms with Gasteiger partial charge in [-0.25, -0.2) is 0 Å². The van der Waals surface area contributed by atoms with Crippen molar-refractivity contribution in [3.05, 3.63) is 16.4 Å². The van der Waals surface area contributed by atoms with E-state index >= 15 is 0 Å². The van der Waals surface area contributed by atoms with Gasteiger partial charge in [-0.2, -0.15) is 16.9 Å². The van der Waals surface area contributed by atoms with Crippen LogP contribution >= 0.6 is 27.7 Å². The molecule has 0 bridgehead atoms. The molecule has 0 spiro atoms. The van der Waals surface area contributed by atoms with Gasteiger partial charge in [-0.1, -0.05) is 20.8 Å². The summed E-state index contributed by atoms with van der Waals surface area (Å²) in [5, 5.41) is 5.02. The number of nitrogens with zero attached hydrogens (tertiary/aromatic N) is 2. The molecule has 0 aromatic carbocycles. The van der Waals surface area contributed by atoms with Crippen molar-refractivity contribution in [3.63, 3.8) is 0 Å². The molecule has 0 saturated heterocycles. The predicted octanol–water partition coefficient (Wildman–Crippen LogP) is 3.59. The second kappa shape index (κ2) is 7.44. The van der Waals surface area contributed by atoms with E-state index < -0.39 is 0 Å². The van der Waals surface area contributed by atoms with Crippen LogP contribution in [0.3, 0.4) is 0 Å². The molecule has 2 N–H and O–H groups in total. The van der Waals surface area contributed by atoms with Crippen LogP contribution in [0.2, 0.25) is 0 Å². The van der Waals surface area contributed by atoms with E-state index in [1.165, 1.54) is 6.42 Å². The van der Waals surface area contributed by atoms with Crippen molar-refractivity contribution in [3.8, 4) is 0 Å². The van der Waals surface area contributed by atoms with Gasteiger partial charge in [0.25, 0.3) is 0 Å². The summed E-state index contributed by atoms with van der Waals surface area (Å²) in [6, 6.07) is 0.0532. The number of aryl methyl sites for hydroxylation is 1. The first-order valence-electron chi connectivity index (χ1n) is 6.18. The van der Waals surface area contributed by atoms with E-state index in [0.717, 1.165) is 28.9 Å². The molecule has 0 saturated carbocycles. The summed E-state index contributed by atoms with van der Waals surface area (Å²) in [5.41, 5.74) is 7.39. The fourth-order valence-electron chi connectivity index (χ4n) is 1.60. The van der Waals surface area contributed by atoms with E-state index in [1.54, 1.807) is 0 Å². The van der Waals surface area contributed by atoms with Gasteiger partial charge in [0, 0.05) is 17.5 Å². The van der Waals surface area contributed by atoms with E-state index in [2.05, 4.69) is 41.8 Å². The highest BCUT2D eigenvalue weighted by atomic mass is 79.9. The summed E-state index contributed by atoms with van der Waals surface area (Å²) in [6.45, 7) is 7.54. The molecule has 1 rings (SSSR count). The monoisotopic (exact) mass is 319 g/mol. The number of rotatable bonds is 7. The van der Waals surface area contributed by atoms with Crippen molar-refractivity contribution in [2.24, 2.45) is 5.73 Å². The SMILES string of the molecule is CCCn1ncc(Br)c1C(N)CSC(C)CC. The molecule has 5 heteroatoms. The first kappa shape index (κ1) is 15.1. The van der Waals surface area contributed by atoms with E-state index in [1.807, 2.05) is 22.6 Å². The third-order valence-corrected chi connectivity index (χ3v) is 4.82. The summed E-state index contributed by atoms with van der Waals surface area (Å²) in [7, 11) is 0. The maximum absolute atomic E-state index is 6.26. The summed E-state index contributed by atoms with van der Waals surface area (Å²) < 4.78 is 3.05. The Morgan fingerprint density at radius 3 is 2.82 bits per heavy atom. The average molecular weight is 320 g/mol. The van der Waals surface area contributed by atoms with E-state index in [4.69, 9.17) is 5.73 Å². The van der Waals surface area contributed by atoms with Gasteiger partial charge >= 0.3 is 0 Å². The highest BCUT2D eigenvalue weighted by molar-refractivity contribution is 9.10. The molecule has 0 aliphatic carbocycles. The Kier molecular flexibility index (Phi) is 6.59. The maximum Gasteiger partial charge on any atom is 0.0701 e. The molecule has 0 amide bonds. The van der Waals surface area contributed by atoms with Crippen molar-refractivity contribution in [1.82, 2.24) is 9.78 Å². The van der Waals surface area contributed by atoms with Crippen LogP contribution in [0.25, 0.3) is 0 Å². The van der Waals surface area contributed by atoms with Crippen LogP contribution in [0.5, 0.6) is 0 Å². The third kappa shape index (κ3) is 4.30. The van der Waals surface area contributed by atoms with Crippen LogP contribution < -0.4 is 5.73 Å². The second-order valence-electron chi connectivity index (χ2n) is 4.26. The standard InChI is InChI=1S/C12H22BrN3S/c1-4-6-16-12(10(13)7-15-16)11(14)8-17-9(3)5-2/h7,9,11H,4-6,8,14H2,1-3H3. The third-order valence-electron chi connectivity index (χ3n) is 2.76. The zero-order chi connectivity index (χ0) is 12.8. The number of thioether (sulfide) groups is 1. The minimum Gasteiger partial charge on any atom is -0.322 e. The molecule has 0 aliphatic rings. The van der Waals surface area contributed by atoms with Crippen LogP contribution in [0.1, 0.15) is 45.3 Å². The lowest BCUT2D eigenvalue weighted by molar-refractivity contribution is 0.553. The number of halogens is 1. The first-order chi connectivity index (χ1) is 8.10. The molecule has 98 valence electrons. The minimum absolute atomic E-state index is 0.0532. The van der Waals surface area contributed by atoms with Gasteiger partial charge in [0.2, 0.25) is 0 Å². The lowest BCUT2D eigenvalue weighted by Crippen LogP contribution is -2.20. The molecule has 0 aliphatic heterocycles. The van der Waals surface area contributed by atoms with Gasteiger partial charge < -0.3 is 5.73 Å². The van der Waals surface area contributed by atoms with Crippen molar-refractivity contribution < 1.29 is 0 Å². The van der Waals surface area contributed by atoms with Gasteiger partial charge in [-0.05, 0) is 28.8 Å². The fourth-order valence-corrected chi connectivity index (χ4v) is 3.11. The maximum atomic E-state index is 6.26. The second-order valence-corrected chi connectivity index (χ2v) is 6.59. The van der Waals surface area contributed by atoms with Gasteiger partial charge in [0.15, 0.2) is 0 Å². The highest BCUT2D eigenvalue weighted by Crippen LogP contribution is 2.26. The van der Waals surface area contributed by atoms with Gasteiger partial charge in [0.05, 0.1) is 22.4 Å². The van der Waals surface area contributed by atoms with Crippen LogP contribution in [-0.2, 0) is 6.54 Å². The van der Waals surface area contributed by atoms with E-state index in [0.29, 0.717) is 5.25 Å². The molecular weight excluding hydrogens is 298 g/mol. The largest absolute Gasteiger partial charge is 0.322 e. The molecule has 2 unspecified atom stereocenters. The van der Waals surface area contributed by atoms with E-state index in [9.17, 15) is 0 Å². The fraction of sp³-hybridized carbons (Fsp3) is 0.750. The van der Waals surface area contributed by atoms with Crippen LogP contribution in [0.4, 0.5) is 0 Å². The van der Waals surface area contributed by atoms with Gasteiger partial charge in [-0.15, -0.1) is 0 Å². The van der Waals surface area contributed by atoms with Gasteiger partial charge in [-0.3, -0.25) is 4.68 Å². The Morgan fingerprint density at radius 1 is 1.53 bits per heavy atom. The van der Waals surface area contributed by atoms with Crippen molar-refractivity contribution in [2.75, 3.05) is 5.75 Å². The van der Waals surface area contributed by atoms with Crippen LogP contribution in [0.15, 0.2) is 10.7 Å². The Hall–Kier alpha value is -0.0000000000000000555. The minimum atomic E-state index is 0.0532. The Morgan fingerprint density at radius 2 is 2.24 bits per heavy atom. The quantitative estimate of drug-likeness (QED) is 0.835. The summed E-state index contributed by atoms with van der Waals surface area (Å²) in [4.78, 5) is 0. The normalized spacial score (nSPS) is 14.9. The predicted molar refractivity (Wildman–Crippen MR) is 79.4 cm³/mol. The molecule has 1 heterocycles. The Labute approximate surface area is 117 Å². The molecular formula is C12H22BrN3S. The smallest absolute Gasteiger partial charge is 0.0701 e. The molecule has 2 atom stereocenters. The van der Waals surface area contributed by atoms with Crippen LogP contribution in [-0.4, -0.2) is 20.8 Å². The number of hydrogen-bond acceptors (Lipinski definition) is 3. The Bertz CT molecular complexity index is 340. The molecule has 3 nitrogen and oxygen atoms in total. The lowest BCUT2D eigenvalue weighted by atomic mass is 10.2. The number of aromatic nitrogens is 2. The van der Waals surface area contributed by atoms with Crippen molar-refractivity contribution in [2.45, 2.75) is 51.4 Å². The topological polar surface area (TPSA) is 43.8 Å². The molecule has 17 heavy (non-hydrogen) atoms. The van der Waals surface area contributed by atoms with Crippen molar-refractivity contribution >= 4 is 27.7 Å². The zero-order valence-corrected chi connectivity index (χ0v) is 13.2. The lowest BCUT2D eigenvalue weighted by Gasteiger charge is -2.16. The Balaban J connectivity index is 2.66. The highest BCUT2D eigenvalue weighted by Gasteiger charge is 2.17. The first-order valence-corrected chi connectivity index (χ1v) is 8.02. The zero-order valence-electron chi connectivity index (χ0n) is 10.8. The molecule has 0 fully saturated rings. The average Bonchev–Trinajstić information content (AvgIpc) is 2.67. The van der Waals surface area contributed by atoms with E-state index in [-0.39, 0.29) is 6.04 Å². The molecule has 1 aromatic rings. The van der Waals surface area contributed by atoms with Crippen LogP contribution in [0, 0.1) is 0 Å². The van der Waals surface area contributed by atoms with Gasteiger partial charge in [0.1, 0.15) is 0 Å².